The van der Waals surface area contributed by atoms with Gasteiger partial charge in [0.1, 0.15) is 0 Å². The summed E-state index contributed by atoms with van der Waals surface area (Å²) < 4.78 is 0. The number of benzene rings is 1. The fraction of sp³-hybridized carbons (Fsp3) is 0.571. The molecule has 2 aliphatic heterocycles. The maximum atomic E-state index is 12.9. The van der Waals surface area contributed by atoms with Gasteiger partial charge in [-0.05, 0) is 30.9 Å². The predicted molar refractivity (Wildman–Crippen MR) is 106 cm³/mol. The van der Waals surface area contributed by atoms with E-state index in [0.717, 1.165) is 56.8 Å². The molecule has 3 aliphatic rings. The molecule has 0 unspecified atom stereocenters. The van der Waals surface area contributed by atoms with E-state index in [1.165, 1.54) is 10.6 Å². The zero-order valence-corrected chi connectivity index (χ0v) is 16.4. The molecule has 1 aromatic carbocycles. The first kappa shape index (κ1) is 18.9. The van der Waals surface area contributed by atoms with Crippen LogP contribution in [0.3, 0.4) is 0 Å². The minimum Gasteiger partial charge on any atom is -0.369 e. The largest absolute Gasteiger partial charge is 0.369 e. The molecule has 2 atom stereocenters. The number of anilines is 1. The van der Waals surface area contributed by atoms with Crippen LogP contribution in [0.1, 0.15) is 32.6 Å². The van der Waals surface area contributed by atoms with E-state index in [1.54, 1.807) is 0 Å². The highest BCUT2D eigenvalue weighted by molar-refractivity contribution is 6.44. The normalized spacial score (nSPS) is 27.0. The van der Waals surface area contributed by atoms with Crippen molar-refractivity contribution in [3.63, 3.8) is 0 Å². The number of urea groups is 1. The van der Waals surface area contributed by atoms with E-state index in [-0.39, 0.29) is 18.6 Å². The molecule has 7 nitrogen and oxygen atoms in total. The van der Waals surface area contributed by atoms with Crippen molar-refractivity contribution in [3.8, 4) is 0 Å². The van der Waals surface area contributed by atoms with Gasteiger partial charge in [-0.3, -0.25) is 19.4 Å². The van der Waals surface area contributed by atoms with Gasteiger partial charge >= 0.3 is 17.8 Å². The number of carbonyl (C=O) groups is 3. The molecule has 0 aromatic heterocycles. The summed E-state index contributed by atoms with van der Waals surface area (Å²) in [5.74, 6) is -1.07. The molecule has 2 heterocycles. The van der Waals surface area contributed by atoms with Gasteiger partial charge < -0.3 is 4.90 Å². The molecule has 150 valence electrons. The molecule has 0 bridgehead atoms. The summed E-state index contributed by atoms with van der Waals surface area (Å²) in [6.07, 6.45) is 3.92. The van der Waals surface area contributed by atoms with E-state index in [2.05, 4.69) is 28.9 Å². The number of hydrogen-bond acceptors (Lipinski definition) is 5. The van der Waals surface area contributed by atoms with Gasteiger partial charge in [-0.2, -0.15) is 0 Å². The molecule has 2 saturated heterocycles. The lowest BCUT2D eigenvalue weighted by Crippen LogP contribution is -2.52. The van der Waals surface area contributed by atoms with Gasteiger partial charge in [0.2, 0.25) is 0 Å². The molecule has 0 N–H and O–H groups in total. The van der Waals surface area contributed by atoms with Crippen molar-refractivity contribution in [2.24, 2.45) is 5.92 Å². The highest BCUT2D eigenvalue weighted by atomic mass is 16.2. The predicted octanol–water partition coefficient (Wildman–Crippen LogP) is 2.14. The third-order valence-corrected chi connectivity index (χ3v) is 6.32. The SMILES string of the molecule is C[C@@H]1CCCC[C@H]1N1C(=O)C(=O)N(CN2CCN(c3ccccc3)CC2)C1=O. The van der Waals surface area contributed by atoms with Crippen LogP contribution in [0.2, 0.25) is 0 Å². The summed E-state index contributed by atoms with van der Waals surface area (Å²) in [6, 6.07) is 9.65. The highest BCUT2D eigenvalue weighted by Gasteiger charge is 2.49. The minimum absolute atomic E-state index is 0.141. The standard InChI is InChI=1S/C21H28N4O3/c1-16-7-5-6-10-18(16)25-20(27)19(26)24(21(25)28)15-22-11-13-23(14-12-22)17-8-3-2-4-9-17/h2-4,8-9,16,18H,5-7,10-15H2,1H3/t16-,18-/m1/s1. The maximum Gasteiger partial charge on any atom is 0.335 e. The van der Waals surface area contributed by atoms with Gasteiger partial charge in [-0.25, -0.2) is 9.69 Å². The highest BCUT2D eigenvalue weighted by Crippen LogP contribution is 2.31. The lowest BCUT2D eigenvalue weighted by Gasteiger charge is -2.37. The fourth-order valence-corrected chi connectivity index (χ4v) is 4.61. The van der Waals surface area contributed by atoms with Gasteiger partial charge in [-0.15, -0.1) is 0 Å². The molecular weight excluding hydrogens is 356 g/mol. The number of rotatable bonds is 4. The second-order valence-corrected chi connectivity index (χ2v) is 8.10. The summed E-state index contributed by atoms with van der Waals surface area (Å²) in [5.41, 5.74) is 1.18. The van der Waals surface area contributed by atoms with Crippen LogP contribution in [-0.4, -0.2) is 71.4 Å². The Bertz CT molecular complexity index is 745. The zero-order valence-electron chi connectivity index (χ0n) is 16.4. The third-order valence-electron chi connectivity index (χ3n) is 6.32. The van der Waals surface area contributed by atoms with Crippen LogP contribution in [0, 0.1) is 5.92 Å². The number of imide groups is 2. The molecule has 4 rings (SSSR count). The Morgan fingerprint density at radius 3 is 2.25 bits per heavy atom. The summed E-state index contributed by atoms with van der Waals surface area (Å²) in [4.78, 5) is 44.7. The Balaban J connectivity index is 1.38. The minimum atomic E-state index is -0.673. The number of carbonyl (C=O) groups excluding carboxylic acids is 3. The molecule has 7 heteroatoms. The maximum absolute atomic E-state index is 12.9. The van der Waals surface area contributed by atoms with Crippen molar-refractivity contribution in [2.45, 2.75) is 38.6 Å². The number of para-hydroxylation sites is 1. The zero-order chi connectivity index (χ0) is 19.7. The first-order valence-electron chi connectivity index (χ1n) is 10.3. The summed E-state index contributed by atoms with van der Waals surface area (Å²) in [5, 5.41) is 0. The van der Waals surface area contributed by atoms with Gasteiger partial charge in [0.05, 0.1) is 6.67 Å². The van der Waals surface area contributed by atoms with E-state index in [1.807, 2.05) is 18.2 Å². The van der Waals surface area contributed by atoms with Gasteiger partial charge in [0.25, 0.3) is 0 Å². The van der Waals surface area contributed by atoms with Crippen molar-refractivity contribution in [3.05, 3.63) is 30.3 Å². The molecule has 0 radical (unpaired) electrons. The number of amides is 4. The van der Waals surface area contributed by atoms with E-state index in [9.17, 15) is 14.4 Å². The smallest absolute Gasteiger partial charge is 0.335 e. The average Bonchev–Trinajstić information content (AvgIpc) is 2.93. The lowest BCUT2D eigenvalue weighted by molar-refractivity contribution is -0.145. The van der Waals surface area contributed by atoms with Gasteiger partial charge in [0.15, 0.2) is 0 Å². The quantitative estimate of drug-likeness (QED) is 0.588. The fourth-order valence-electron chi connectivity index (χ4n) is 4.61. The number of piperazine rings is 1. The second-order valence-electron chi connectivity index (χ2n) is 8.10. The molecule has 28 heavy (non-hydrogen) atoms. The van der Waals surface area contributed by atoms with Crippen molar-refractivity contribution in [1.29, 1.82) is 0 Å². The van der Waals surface area contributed by atoms with Crippen LogP contribution in [0.5, 0.6) is 0 Å². The van der Waals surface area contributed by atoms with E-state index >= 15 is 0 Å². The van der Waals surface area contributed by atoms with Gasteiger partial charge in [-0.1, -0.05) is 38.0 Å². The Kier molecular flexibility index (Phi) is 5.35. The van der Waals surface area contributed by atoms with Crippen LogP contribution < -0.4 is 4.90 Å². The van der Waals surface area contributed by atoms with Crippen molar-refractivity contribution in [1.82, 2.24) is 14.7 Å². The number of nitrogens with zero attached hydrogens (tertiary/aromatic N) is 4. The van der Waals surface area contributed by atoms with Crippen LogP contribution in [-0.2, 0) is 9.59 Å². The Morgan fingerprint density at radius 1 is 0.893 bits per heavy atom. The molecular formula is C21H28N4O3. The Labute approximate surface area is 165 Å². The van der Waals surface area contributed by atoms with Crippen molar-refractivity contribution >= 4 is 23.5 Å². The second kappa shape index (κ2) is 7.91. The summed E-state index contributed by atoms with van der Waals surface area (Å²) in [6.45, 7) is 5.43. The van der Waals surface area contributed by atoms with Crippen molar-refractivity contribution in [2.75, 3.05) is 37.7 Å². The topological polar surface area (TPSA) is 64.2 Å². The van der Waals surface area contributed by atoms with Crippen LogP contribution in [0.25, 0.3) is 0 Å². The lowest BCUT2D eigenvalue weighted by atomic mass is 9.85. The first-order valence-corrected chi connectivity index (χ1v) is 10.3. The monoisotopic (exact) mass is 384 g/mol. The molecule has 4 amide bonds. The van der Waals surface area contributed by atoms with Crippen LogP contribution in [0.4, 0.5) is 10.5 Å². The summed E-state index contributed by atoms with van der Waals surface area (Å²) in [7, 11) is 0. The molecule has 1 aliphatic carbocycles. The van der Waals surface area contributed by atoms with Crippen molar-refractivity contribution < 1.29 is 14.4 Å². The Morgan fingerprint density at radius 2 is 1.57 bits per heavy atom. The van der Waals surface area contributed by atoms with E-state index < -0.39 is 17.8 Å². The first-order chi connectivity index (χ1) is 13.6. The third kappa shape index (κ3) is 3.51. The summed E-state index contributed by atoms with van der Waals surface area (Å²) >= 11 is 0. The van der Waals surface area contributed by atoms with E-state index in [4.69, 9.17) is 0 Å². The average molecular weight is 384 g/mol. The van der Waals surface area contributed by atoms with Crippen LogP contribution in [0.15, 0.2) is 30.3 Å². The van der Waals surface area contributed by atoms with Crippen LogP contribution >= 0.6 is 0 Å². The number of hydrogen-bond donors (Lipinski definition) is 0. The van der Waals surface area contributed by atoms with Gasteiger partial charge in [0, 0.05) is 37.9 Å². The molecule has 1 aromatic rings. The Hall–Kier alpha value is -2.41. The van der Waals surface area contributed by atoms with E-state index in [0.29, 0.717) is 0 Å². The molecule has 3 fully saturated rings. The molecule has 0 spiro atoms. The molecule has 1 saturated carbocycles.